The molecule has 1 aliphatic rings. The Hall–Kier alpha value is -1.81. The molecule has 1 saturated heterocycles. The van der Waals surface area contributed by atoms with E-state index < -0.39 is 0 Å². The first-order valence-corrected chi connectivity index (χ1v) is 7.14. The zero-order chi connectivity index (χ0) is 14.1. The number of aliphatic hydroxyl groups excluding tert-OH is 1. The predicted molar refractivity (Wildman–Crippen MR) is 79.9 cm³/mol. The van der Waals surface area contributed by atoms with Gasteiger partial charge in [-0.2, -0.15) is 5.10 Å². The number of anilines is 1. The lowest BCUT2D eigenvalue weighted by Gasteiger charge is -2.20. The van der Waals surface area contributed by atoms with Crippen LogP contribution in [0.3, 0.4) is 0 Å². The largest absolute Gasteiger partial charge is 0.391 e. The number of benzene rings is 1. The molecule has 4 heteroatoms. The molecule has 3 rings (SSSR count). The minimum atomic E-state index is 0.0571. The first-order valence-electron chi connectivity index (χ1n) is 7.14. The molecule has 0 radical (unpaired) electrons. The van der Waals surface area contributed by atoms with E-state index in [2.05, 4.69) is 40.3 Å². The fourth-order valence-corrected chi connectivity index (χ4v) is 3.22. The summed E-state index contributed by atoms with van der Waals surface area (Å²) in [5, 5.41) is 14.0. The molecule has 106 valence electrons. The number of aliphatic hydroxyl groups is 1. The van der Waals surface area contributed by atoms with Crippen molar-refractivity contribution < 1.29 is 5.11 Å². The average molecular weight is 271 g/mol. The standard InChI is InChI=1S/C16H21N3O/c1-12-15(11-20)16(18(2)17-12)19-9-8-14(10-19)13-6-4-3-5-7-13/h3-7,14,20H,8-11H2,1-2H3. The third kappa shape index (κ3) is 2.20. The fourth-order valence-electron chi connectivity index (χ4n) is 3.22. The van der Waals surface area contributed by atoms with E-state index in [9.17, 15) is 5.11 Å². The monoisotopic (exact) mass is 271 g/mol. The maximum atomic E-state index is 9.58. The van der Waals surface area contributed by atoms with Crippen LogP contribution in [0.5, 0.6) is 0 Å². The van der Waals surface area contributed by atoms with Gasteiger partial charge in [-0.05, 0) is 18.9 Å². The van der Waals surface area contributed by atoms with Crippen LogP contribution in [0.1, 0.15) is 29.2 Å². The van der Waals surface area contributed by atoms with Crippen LogP contribution in [0.15, 0.2) is 30.3 Å². The molecule has 0 amide bonds. The zero-order valence-corrected chi connectivity index (χ0v) is 12.1. The van der Waals surface area contributed by atoms with Crippen molar-refractivity contribution in [3.63, 3.8) is 0 Å². The minimum Gasteiger partial charge on any atom is -0.391 e. The van der Waals surface area contributed by atoms with E-state index in [4.69, 9.17) is 0 Å². The highest BCUT2D eigenvalue weighted by molar-refractivity contribution is 5.51. The summed E-state index contributed by atoms with van der Waals surface area (Å²) >= 11 is 0. The average Bonchev–Trinajstić information content (AvgIpc) is 3.03. The van der Waals surface area contributed by atoms with Crippen molar-refractivity contribution >= 4 is 5.82 Å². The summed E-state index contributed by atoms with van der Waals surface area (Å²) in [5.41, 5.74) is 3.29. The lowest BCUT2D eigenvalue weighted by molar-refractivity contribution is 0.281. The van der Waals surface area contributed by atoms with E-state index in [-0.39, 0.29) is 6.61 Å². The van der Waals surface area contributed by atoms with Crippen molar-refractivity contribution in [2.24, 2.45) is 7.05 Å². The van der Waals surface area contributed by atoms with E-state index in [1.807, 2.05) is 18.7 Å². The Balaban J connectivity index is 1.84. The van der Waals surface area contributed by atoms with Gasteiger partial charge >= 0.3 is 0 Å². The summed E-state index contributed by atoms with van der Waals surface area (Å²) < 4.78 is 1.90. The maximum absolute atomic E-state index is 9.58. The lowest BCUT2D eigenvalue weighted by atomic mass is 9.99. The number of aromatic nitrogens is 2. The Bertz CT molecular complexity index is 591. The highest BCUT2D eigenvalue weighted by Gasteiger charge is 2.28. The van der Waals surface area contributed by atoms with Crippen LogP contribution >= 0.6 is 0 Å². The number of rotatable bonds is 3. The third-order valence-electron chi connectivity index (χ3n) is 4.23. The summed E-state index contributed by atoms with van der Waals surface area (Å²) in [6, 6.07) is 10.7. The number of aryl methyl sites for hydroxylation is 2. The van der Waals surface area contributed by atoms with Gasteiger partial charge in [0.1, 0.15) is 5.82 Å². The second-order valence-electron chi connectivity index (χ2n) is 5.51. The number of nitrogens with zero attached hydrogens (tertiary/aromatic N) is 3. The molecule has 0 saturated carbocycles. The molecule has 1 fully saturated rings. The molecule has 20 heavy (non-hydrogen) atoms. The highest BCUT2D eigenvalue weighted by Crippen LogP contribution is 2.33. The smallest absolute Gasteiger partial charge is 0.132 e. The van der Waals surface area contributed by atoms with Crippen LogP contribution in [0.2, 0.25) is 0 Å². The fraction of sp³-hybridized carbons (Fsp3) is 0.438. The molecule has 2 heterocycles. The van der Waals surface area contributed by atoms with E-state index in [1.54, 1.807) is 0 Å². The molecule has 1 aliphatic heterocycles. The molecule has 0 spiro atoms. The van der Waals surface area contributed by atoms with Crippen molar-refractivity contribution in [1.82, 2.24) is 9.78 Å². The Morgan fingerprint density at radius 1 is 1.30 bits per heavy atom. The summed E-state index contributed by atoms with van der Waals surface area (Å²) in [6.07, 6.45) is 1.15. The quantitative estimate of drug-likeness (QED) is 0.930. The first-order chi connectivity index (χ1) is 9.70. The molecular weight excluding hydrogens is 250 g/mol. The third-order valence-corrected chi connectivity index (χ3v) is 4.23. The molecule has 1 aromatic carbocycles. The lowest BCUT2D eigenvalue weighted by Crippen LogP contribution is -2.23. The van der Waals surface area contributed by atoms with Crippen LogP contribution in [-0.2, 0) is 13.7 Å². The highest BCUT2D eigenvalue weighted by atomic mass is 16.3. The zero-order valence-electron chi connectivity index (χ0n) is 12.1. The molecular formula is C16H21N3O. The van der Waals surface area contributed by atoms with Crippen LogP contribution in [0, 0.1) is 6.92 Å². The molecule has 4 nitrogen and oxygen atoms in total. The van der Waals surface area contributed by atoms with Gasteiger partial charge in [0, 0.05) is 31.6 Å². The topological polar surface area (TPSA) is 41.3 Å². The van der Waals surface area contributed by atoms with Crippen LogP contribution in [0.25, 0.3) is 0 Å². The molecule has 1 aromatic heterocycles. The van der Waals surface area contributed by atoms with Gasteiger partial charge in [-0.1, -0.05) is 30.3 Å². The molecule has 1 N–H and O–H groups in total. The molecule has 0 bridgehead atoms. The van der Waals surface area contributed by atoms with Crippen LogP contribution in [0.4, 0.5) is 5.82 Å². The summed E-state index contributed by atoms with van der Waals surface area (Å²) in [6.45, 7) is 4.03. The summed E-state index contributed by atoms with van der Waals surface area (Å²) in [5.74, 6) is 1.64. The number of hydrogen-bond donors (Lipinski definition) is 1. The van der Waals surface area contributed by atoms with E-state index in [1.165, 1.54) is 5.56 Å². The maximum Gasteiger partial charge on any atom is 0.132 e. The van der Waals surface area contributed by atoms with Crippen molar-refractivity contribution in [1.29, 1.82) is 0 Å². The van der Waals surface area contributed by atoms with Gasteiger partial charge in [0.15, 0.2) is 0 Å². The van der Waals surface area contributed by atoms with Gasteiger partial charge in [0.2, 0.25) is 0 Å². The molecule has 1 atom stereocenters. The number of hydrogen-bond acceptors (Lipinski definition) is 3. The normalized spacial score (nSPS) is 18.8. The van der Waals surface area contributed by atoms with Crippen LogP contribution < -0.4 is 4.90 Å². The van der Waals surface area contributed by atoms with Gasteiger partial charge in [-0.15, -0.1) is 0 Å². The van der Waals surface area contributed by atoms with Crippen molar-refractivity contribution in [3.8, 4) is 0 Å². The minimum absolute atomic E-state index is 0.0571. The van der Waals surface area contributed by atoms with Gasteiger partial charge in [-0.3, -0.25) is 4.68 Å². The van der Waals surface area contributed by atoms with Crippen molar-refractivity contribution in [2.45, 2.75) is 25.9 Å². The van der Waals surface area contributed by atoms with Gasteiger partial charge in [0.25, 0.3) is 0 Å². The molecule has 1 unspecified atom stereocenters. The van der Waals surface area contributed by atoms with E-state index in [0.29, 0.717) is 5.92 Å². The second kappa shape index (κ2) is 5.29. The van der Waals surface area contributed by atoms with Gasteiger partial charge in [0.05, 0.1) is 12.3 Å². The summed E-state index contributed by atoms with van der Waals surface area (Å²) in [7, 11) is 1.96. The molecule has 2 aromatic rings. The van der Waals surface area contributed by atoms with E-state index >= 15 is 0 Å². The Morgan fingerprint density at radius 3 is 2.75 bits per heavy atom. The first kappa shape index (κ1) is 13.2. The SMILES string of the molecule is Cc1nn(C)c(N2CCC(c3ccccc3)C2)c1CO. The molecule has 0 aliphatic carbocycles. The Labute approximate surface area is 119 Å². The van der Waals surface area contributed by atoms with Gasteiger partial charge in [-0.25, -0.2) is 0 Å². The van der Waals surface area contributed by atoms with Crippen LogP contribution in [-0.4, -0.2) is 28.0 Å². The van der Waals surface area contributed by atoms with Crippen molar-refractivity contribution in [2.75, 3.05) is 18.0 Å². The predicted octanol–water partition coefficient (Wildman–Crippen LogP) is 2.21. The second-order valence-corrected chi connectivity index (χ2v) is 5.51. The summed E-state index contributed by atoms with van der Waals surface area (Å²) in [4.78, 5) is 2.35. The van der Waals surface area contributed by atoms with Gasteiger partial charge < -0.3 is 10.0 Å². The Kier molecular flexibility index (Phi) is 3.49. The Morgan fingerprint density at radius 2 is 2.05 bits per heavy atom. The van der Waals surface area contributed by atoms with E-state index in [0.717, 1.165) is 36.6 Å². The van der Waals surface area contributed by atoms with Crippen molar-refractivity contribution in [3.05, 3.63) is 47.2 Å².